The SMILES string of the molecule is COc1ccc(CCN(C)CO)cc1OC. The Bertz CT molecular complexity index is 328. The van der Waals surface area contributed by atoms with E-state index in [-0.39, 0.29) is 6.73 Å². The minimum atomic E-state index is 0.0767. The van der Waals surface area contributed by atoms with Crippen LogP contribution in [0.15, 0.2) is 18.2 Å². The van der Waals surface area contributed by atoms with Gasteiger partial charge in [-0.25, -0.2) is 0 Å². The summed E-state index contributed by atoms with van der Waals surface area (Å²) in [6.45, 7) is 0.888. The molecule has 0 aliphatic rings. The maximum Gasteiger partial charge on any atom is 0.160 e. The summed E-state index contributed by atoms with van der Waals surface area (Å²) in [6, 6.07) is 5.86. The van der Waals surface area contributed by atoms with E-state index >= 15 is 0 Å². The maximum atomic E-state index is 8.88. The van der Waals surface area contributed by atoms with Gasteiger partial charge >= 0.3 is 0 Å². The largest absolute Gasteiger partial charge is 0.493 e. The molecule has 0 amide bonds. The molecule has 0 saturated heterocycles. The summed E-state index contributed by atoms with van der Waals surface area (Å²) in [5.74, 6) is 1.48. The van der Waals surface area contributed by atoms with Crippen LogP contribution in [0.4, 0.5) is 0 Å². The summed E-state index contributed by atoms with van der Waals surface area (Å²) in [5.41, 5.74) is 1.16. The molecule has 1 N–H and O–H groups in total. The highest BCUT2D eigenvalue weighted by Gasteiger charge is 2.05. The number of aliphatic hydroxyl groups is 1. The quantitative estimate of drug-likeness (QED) is 0.737. The Morgan fingerprint density at radius 2 is 1.88 bits per heavy atom. The van der Waals surface area contributed by atoms with Crippen LogP contribution < -0.4 is 9.47 Å². The van der Waals surface area contributed by atoms with Gasteiger partial charge in [-0.15, -0.1) is 0 Å². The molecular formula is C12H19NO3. The zero-order valence-corrected chi connectivity index (χ0v) is 10.1. The van der Waals surface area contributed by atoms with Gasteiger partial charge in [-0.3, -0.25) is 4.90 Å². The molecule has 1 aromatic carbocycles. The lowest BCUT2D eigenvalue weighted by Gasteiger charge is -2.14. The number of ether oxygens (including phenoxy) is 2. The van der Waals surface area contributed by atoms with Crippen LogP contribution in [-0.2, 0) is 6.42 Å². The van der Waals surface area contributed by atoms with Crippen molar-refractivity contribution in [2.75, 3.05) is 34.5 Å². The molecule has 0 spiro atoms. The summed E-state index contributed by atoms with van der Waals surface area (Å²) in [6.07, 6.45) is 0.872. The van der Waals surface area contributed by atoms with Crippen LogP contribution in [0.5, 0.6) is 11.5 Å². The van der Waals surface area contributed by atoms with Gasteiger partial charge in [0.1, 0.15) is 0 Å². The number of hydrogen-bond donors (Lipinski definition) is 1. The van der Waals surface area contributed by atoms with Crippen molar-refractivity contribution in [1.82, 2.24) is 4.90 Å². The van der Waals surface area contributed by atoms with E-state index in [0.717, 1.165) is 30.0 Å². The van der Waals surface area contributed by atoms with E-state index in [1.807, 2.05) is 30.1 Å². The Morgan fingerprint density at radius 3 is 2.44 bits per heavy atom. The van der Waals surface area contributed by atoms with Crippen molar-refractivity contribution in [2.24, 2.45) is 0 Å². The third kappa shape index (κ3) is 3.40. The highest BCUT2D eigenvalue weighted by atomic mass is 16.5. The van der Waals surface area contributed by atoms with E-state index in [1.165, 1.54) is 0 Å². The lowest BCUT2D eigenvalue weighted by atomic mass is 10.1. The molecule has 4 heteroatoms. The summed E-state index contributed by atoms with van der Waals surface area (Å²) < 4.78 is 10.4. The average molecular weight is 225 g/mol. The van der Waals surface area contributed by atoms with E-state index in [4.69, 9.17) is 14.6 Å². The zero-order chi connectivity index (χ0) is 12.0. The monoisotopic (exact) mass is 225 g/mol. The van der Waals surface area contributed by atoms with Crippen molar-refractivity contribution in [2.45, 2.75) is 6.42 Å². The molecule has 0 aliphatic heterocycles. The maximum absolute atomic E-state index is 8.88. The third-order valence-electron chi connectivity index (χ3n) is 2.47. The molecule has 0 atom stereocenters. The van der Waals surface area contributed by atoms with Gasteiger partial charge in [-0.1, -0.05) is 6.07 Å². The average Bonchev–Trinajstić information content (AvgIpc) is 2.35. The summed E-state index contributed by atoms with van der Waals surface area (Å²) >= 11 is 0. The Balaban J connectivity index is 2.67. The molecule has 0 radical (unpaired) electrons. The third-order valence-corrected chi connectivity index (χ3v) is 2.47. The normalized spacial score (nSPS) is 10.6. The van der Waals surface area contributed by atoms with Crippen LogP contribution >= 0.6 is 0 Å². The molecule has 90 valence electrons. The Kier molecular flexibility index (Phi) is 5.08. The van der Waals surface area contributed by atoms with Crippen LogP contribution in [0, 0.1) is 0 Å². The molecule has 0 bridgehead atoms. The fraction of sp³-hybridized carbons (Fsp3) is 0.500. The van der Waals surface area contributed by atoms with Crippen molar-refractivity contribution in [3.63, 3.8) is 0 Å². The number of benzene rings is 1. The number of aliphatic hydroxyl groups excluding tert-OH is 1. The van der Waals surface area contributed by atoms with E-state index in [2.05, 4.69) is 0 Å². The van der Waals surface area contributed by atoms with E-state index in [1.54, 1.807) is 14.2 Å². The van der Waals surface area contributed by atoms with Crippen molar-refractivity contribution in [1.29, 1.82) is 0 Å². The van der Waals surface area contributed by atoms with Gasteiger partial charge in [0.25, 0.3) is 0 Å². The van der Waals surface area contributed by atoms with Gasteiger partial charge in [-0.05, 0) is 31.2 Å². The van der Waals surface area contributed by atoms with Gasteiger partial charge in [0, 0.05) is 6.54 Å². The molecule has 0 heterocycles. The van der Waals surface area contributed by atoms with Crippen LogP contribution in [0.25, 0.3) is 0 Å². The molecule has 0 fully saturated rings. The molecule has 1 aromatic rings. The topological polar surface area (TPSA) is 41.9 Å². The highest BCUT2D eigenvalue weighted by Crippen LogP contribution is 2.27. The number of nitrogens with zero attached hydrogens (tertiary/aromatic N) is 1. The van der Waals surface area contributed by atoms with Gasteiger partial charge < -0.3 is 14.6 Å². The lowest BCUT2D eigenvalue weighted by Crippen LogP contribution is -2.21. The number of hydrogen-bond acceptors (Lipinski definition) is 4. The van der Waals surface area contributed by atoms with Gasteiger partial charge in [0.05, 0.1) is 21.0 Å². The predicted octanol–water partition coefficient (Wildman–Crippen LogP) is 1.13. The molecule has 0 aliphatic carbocycles. The fourth-order valence-electron chi connectivity index (χ4n) is 1.43. The highest BCUT2D eigenvalue weighted by molar-refractivity contribution is 5.42. The van der Waals surface area contributed by atoms with Gasteiger partial charge in [-0.2, -0.15) is 0 Å². The first kappa shape index (κ1) is 12.8. The second-order valence-electron chi connectivity index (χ2n) is 3.66. The molecule has 4 nitrogen and oxygen atoms in total. The predicted molar refractivity (Wildman–Crippen MR) is 63.0 cm³/mol. The van der Waals surface area contributed by atoms with Crippen molar-refractivity contribution >= 4 is 0 Å². The first-order valence-corrected chi connectivity index (χ1v) is 5.21. The van der Waals surface area contributed by atoms with Crippen LogP contribution in [0.2, 0.25) is 0 Å². The number of methoxy groups -OCH3 is 2. The minimum Gasteiger partial charge on any atom is -0.493 e. The van der Waals surface area contributed by atoms with Crippen LogP contribution in [0.3, 0.4) is 0 Å². The Morgan fingerprint density at radius 1 is 1.19 bits per heavy atom. The molecular weight excluding hydrogens is 206 g/mol. The van der Waals surface area contributed by atoms with Gasteiger partial charge in [0.15, 0.2) is 11.5 Å². The number of likely N-dealkylation sites (N-methyl/N-ethyl adjacent to an activating group) is 1. The first-order chi connectivity index (χ1) is 7.71. The summed E-state index contributed by atoms with van der Waals surface area (Å²) in [4.78, 5) is 1.84. The first-order valence-electron chi connectivity index (χ1n) is 5.21. The number of rotatable bonds is 6. The minimum absolute atomic E-state index is 0.0767. The molecule has 16 heavy (non-hydrogen) atoms. The standard InChI is InChI=1S/C12H19NO3/c1-13(9-14)7-6-10-4-5-11(15-2)12(8-10)16-3/h4-5,8,14H,6-7,9H2,1-3H3. The molecule has 0 saturated carbocycles. The molecule has 0 aromatic heterocycles. The van der Waals surface area contributed by atoms with Crippen molar-refractivity contribution in [3.8, 4) is 11.5 Å². The van der Waals surface area contributed by atoms with Crippen molar-refractivity contribution < 1.29 is 14.6 Å². The summed E-state index contributed by atoms with van der Waals surface area (Å²) in [5, 5.41) is 8.88. The molecule has 0 unspecified atom stereocenters. The van der Waals surface area contributed by atoms with Gasteiger partial charge in [0.2, 0.25) is 0 Å². The second-order valence-corrected chi connectivity index (χ2v) is 3.66. The fourth-order valence-corrected chi connectivity index (χ4v) is 1.43. The smallest absolute Gasteiger partial charge is 0.160 e. The Hall–Kier alpha value is -1.26. The van der Waals surface area contributed by atoms with Crippen LogP contribution in [0.1, 0.15) is 5.56 Å². The van der Waals surface area contributed by atoms with Crippen LogP contribution in [-0.4, -0.2) is 44.5 Å². The van der Waals surface area contributed by atoms with E-state index < -0.39 is 0 Å². The molecule has 1 rings (SSSR count). The van der Waals surface area contributed by atoms with E-state index in [0.29, 0.717) is 0 Å². The van der Waals surface area contributed by atoms with E-state index in [9.17, 15) is 0 Å². The Labute approximate surface area is 96.4 Å². The van der Waals surface area contributed by atoms with Crippen molar-refractivity contribution in [3.05, 3.63) is 23.8 Å². The summed E-state index contributed by atoms with van der Waals surface area (Å²) in [7, 11) is 5.12. The second kappa shape index (κ2) is 6.35. The lowest BCUT2D eigenvalue weighted by molar-refractivity contribution is 0.134. The zero-order valence-electron chi connectivity index (χ0n) is 10.1.